The molecule has 0 unspecified atom stereocenters. The highest BCUT2D eigenvalue weighted by Crippen LogP contribution is 2.32. The zero-order valence-corrected chi connectivity index (χ0v) is 15.8. The number of carbonyl (C=O) groups excluding carboxylic acids is 1. The van der Waals surface area contributed by atoms with Gasteiger partial charge in [-0.1, -0.05) is 32.0 Å². The Morgan fingerprint density at radius 2 is 1.70 bits per heavy atom. The Morgan fingerprint density at radius 3 is 2.30 bits per heavy atom. The number of ether oxygens (including phenoxy) is 2. The molecule has 23 heavy (non-hydrogen) atoms. The predicted octanol–water partition coefficient (Wildman–Crippen LogP) is 4.68. The molecule has 0 aliphatic rings. The zero-order valence-electron chi connectivity index (χ0n) is 13.6. The number of benzene rings is 2. The summed E-state index contributed by atoms with van der Waals surface area (Å²) in [6.45, 7) is 4.20. The Bertz CT molecular complexity index is 713. The Morgan fingerprint density at radius 1 is 1.09 bits per heavy atom. The molecule has 0 radical (unpaired) electrons. The first-order valence-corrected chi connectivity index (χ1v) is 8.37. The fourth-order valence-electron chi connectivity index (χ4n) is 2.33. The fraction of sp³-hybridized carbons (Fsp3) is 0.278. The lowest BCUT2D eigenvalue weighted by Gasteiger charge is -2.15. The van der Waals surface area contributed by atoms with E-state index in [1.54, 1.807) is 26.4 Å². The van der Waals surface area contributed by atoms with Gasteiger partial charge in [-0.3, -0.25) is 4.79 Å². The molecule has 0 fully saturated rings. The number of methoxy groups -OCH3 is 2. The molecule has 0 aliphatic carbocycles. The molecule has 2 aromatic carbocycles. The summed E-state index contributed by atoms with van der Waals surface area (Å²) in [5.41, 5.74) is 2.50. The summed E-state index contributed by atoms with van der Waals surface area (Å²) in [5, 5.41) is 3.00. The quantitative estimate of drug-likeness (QED) is 0.708. The van der Waals surface area contributed by atoms with Crippen LogP contribution in [0.4, 0.5) is 5.69 Å². The van der Waals surface area contributed by atoms with Crippen molar-refractivity contribution in [1.82, 2.24) is 0 Å². The van der Waals surface area contributed by atoms with Gasteiger partial charge in [-0.2, -0.15) is 0 Å². The van der Waals surface area contributed by atoms with E-state index in [1.165, 1.54) is 0 Å². The van der Waals surface area contributed by atoms with E-state index in [2.05, 4.69) is 41.8 Å². The first-order chi connectivity index (χ1) is 11.0. The Balaban J connectivity index is 2.35. The van der Waals surface area contributed by atoms with Crippen molar-refractivity contribution in [2.24, 2.45) is 0 Å². The molecule has 0 heterocycles. The fourth-order valence-corrected chi connectivity index (χ4v) is 3.02. The highest BCUT2D eigenvalue weighted by Gasteiger charge is 2.17. The van der Waals surface area contributed by atoms with E-state index in [0.29, 0.717) is 23.0 Å². The number of anilines is 1. The van der Waals surface area contributed by atoms with Gasteiger partial charge in [0.05, 0.1) is 19.8 Å². The summed E-state index contributed by atoms with van der Waals surface area (Å²) in [5.74, 6) is 1.31. The van der Waals surface area contributed by atoms with E-state index in [4.69, 9.17) is 9.47 Å². The van der Waals surface area contributed by atoms with Gasteiger partial charge in [0.1, 0.15) is 0 Å². The van der Waals surface area contributed by atoms with Gasteiger partial charge in [-0.05, 0) is 52.3 Å². The first-order valence-electron chi connectivity index (χ1n) is 7.29. The smallest absolute Gasteiger partial charge is 0.256 e. The molecule has 1 amide bonds. The average molecular weight is 425 g/mol. The van der Waals surface area contributed by atoms with Crippen molar-refractivity contribution in [3.8, 4) is 11.5 Å². The summed E-state index contributed by atoms with van der Waals surface area (Å²) in [6.07, 6.45) is 0. The lowest BCUT2D eigenvalue weighted by Crippen LogP contribution is -2.15. The van der Waals surface area contributed by atoms with Crippen molar-refractivity contribution >= 4 is 34.2 Å². The summed E-state index contributed by atoms with van der Waals surface area (Å²) in [4.78, 5) is 12.7. The van der Waals surface area contributed by atoms with Crippen LogP contribution in [-0.2, 0) is 0 Å². The van der Waals surface area contributed by atoms with Crippen molar-refractivity contribution in [3.05, 3.63) is 51.1 Å². The molecule has 0 spiro atoms. The van der Waals surface area contributed by atoms with Crippen LogP contribution in [0.15, 0.2) is 36.4 Å². The Kier molecular flexibility index (Phi) is 5.87. The number of amides is 1. The lowest BCUT2D eigenvalue weighted by molar-refractivity contribution is 0.102. The van der Waals surface area contributed by atoms with Gasteiger partial charge < -0.3 is 14.8 Å². The number of para-hydroxylation sites is 1. The van der Waals surface area contributed by atoms with Crippen LogP contribution in [0.5, 0.6) is 11.5 Å². The van der Waals surface area contributed by atoms with Crippen LogP contribution in [0.2, 0.25) is 0 Å². The maximum absolute atomic E-state index is 12.7. The first kappa shape index (κ1) is 17.6. The van der Waals surface area contributed by atoms with Crippen LogP contribution in [0.1, 0.15) is 35.7 Å². The van der Waals surface area contributed by atoms with Crippen molar-refractivity contribution in [1.29, 1.82) is 0 Å². The number of rotatable bonds is 5. The van der Waals surface area contributed by atoms with Gasteiger partial charge in [-0.25, -0.2) is 0 Å². The van der Waals surface area contributed by atoms with Gasteiger partial charge in [0, 0.05) is 9.26 Å². The minimum atomic E-state index is -0.163. The van der Waals surface area contributed by atoms with Crippen molar-refractivity contribution in [2.45, 2.75) is 19.8 Å². The van der Waals surface area contributed by atoms with Gasteiger partial charge in [0.2, 0.25) is 0 Å². The molecule has 4 nitrogen and oxygen atoms in total. The summed E-state index contributed by atoms with van der Waals surface area (Å²) in [7, 11) is 3.13. The number of hydrogen-bond donors (Lipinski definition) is 1. The molecule has 0 aliphatic heterocycles. The van der Waals surface area contributed by atoms with Gasteiger partial charge in [-0.15, -0.1) is 0 Å². The predicted molar refractivity (Wildman–Crippen MR) is 101 cm³/mol. The SMILES string of the molecule is COc1cc(I)c(C(=O)Nc2ccccc2C(C)C)cc1OC. The normalized spacial score (nSPS) is 10.5. The topological polar surface area (TPSA) is 47.6 Å². The molecular weight excluding hydrogens is 405 g/mol. The molecule has 1 N–H and O–H groups in total. The maximum Gasteiger partial charge on any atom is 0.256 e. The summed E-state index contributed by atoms with van der Waals surface area (Å²) in [6, 6.07) is 11.3. The van der Waals surface area contributed by atoms with Crippen LogP contribution in [0, 0.1) is 3.57 Å². The Labute approximate surface area is 150 Å². The van der Waals surface area contributed by atoms with Crippen LogP contribution >= 0.6 is 22.6 Å². The molecule has 0 bridgehead atoms. The largest absolute Gasteiger partial charge is 0.493 e. The van der Waals surface area contributed by atoms with Gasteiger partial charge in [0.25, 0.3) is 5.91 Å². The summed E-state index contributed by atoms with van der Waals surface area (Å²) >= 11 is 2.13. The molecule has 0 atom stereocenters. The maximum atomic E-state index is 12.7. The molecule has 122 valence electrons. The monoisotopic (exact) mass is 425 g/mol. The highest BCUT2D eigenvalue weighted by atomic mass is 127. The molecule has 0 aromatic heterocycles. The number of carbonyl (C=O) groups is 1. The Hall–Kier alpha value is -1.76. The van der Waals surface area contributed by atoms with Crippen molar-refractivity contribution in [2.75, 3.05) is 19.5 Å². The zero-order chi connectivity index (χ0) is 17.0. The molecule has 2 rings (SSSR count). The van der Waals surface area contributed by atoms with E-state index >= 15 is 0 Å². The van der Waals surface area contributed by atoms with Crippen LogP contribution < -0.4 is 14.8 Å². The summed E-state index contributed by atoms with van der Waals surface area (Å²) < 4.78 is 11.4. The van der Waals surface area contributed by atoms with E-state index < -0.39 is 0 Å². The second kappa shape index (κ2) is 7.68. The van der Waals surface area contributed by atoms with E-state index in [-0.39, 0.29) is 5.91 Å². The van der Waals surface area contributed by atoms with E-state index in [0.717, 1.165) is 14.8 Å². The van der Waals surface area contributed by atoms with Crippen molar-refractivity contribution in [3.63, 3.8) is 0 Å². The third-order valence-corrected chi connectivity index (χ3v) is 4.44. The van der Waals surface area contributed by atoms with Crippen LogP contribution in [0.25, 0.3) is 0 Å². The van der Waals surface area contributed by atoms with Crippen LogP contribution in [0.3, 0.4) is 0 Å². The minimum Gasteiger partial charge on any atom is -0.493 e. The molecule has 2 aromatic rings. The van der Waals surface area contributed by atoms with Gasteiger partial charge >= 0.3 is 0 Å². The minimum absolute atomic E-state index is 0.163. The second-order valence-corrected chi connectivity index (χ2v) is 6.55. The molecular formula is C18H20INO3. The third kappa shape index (κ3) is 3.96. The van der Waals surface area contributed by atoms with Crippen molar-refractivity contribution < 1.29 is 14.3 Å². The van der Waals surface area contributed by atoms with E-state index in [9.17, 15) is 4.79 Å². The third-order valence-electron chi connectivity index (χ3n) is 3.55. The molecule has 0 saturated carbocycles. The van der Waals surface area contributed by atoms with E-state index in [1.807, 2.05) is 24.3 Å². The second-order valence-electron chi connectivity index (χ2n) is 5.38. The number of hydrogen-bond acceptors (Lipinski definition) is 3. The number of nitrogens with one attached hydrogen (secondary N) is 1. The lowest BCUT2D eigenvalue weighted by atomic mass is 10.0. The highest BCUT2D eigenvalue weighted by molar-refractivity contribution is 14.1. The molecule has 5 heteroatoms. The number of halogens is 1. The standard InChI is InChI=1S/C18H20INO3/c1-11(2)12-7-5-6-8-15(12)20-18(21)13-9-16(22-3)17(23-4)10-14(13)19/h5-11H,1-4H3,(H,20,21). The van der Waals surface area contributed by atoms with Gasteiger partial charge in [0.15, 0.2) is 11.5 Å². The van der Waals surface area contributed by atoms with Crippen LogP contribution in [-0.4, -0.2) is 20.1 Å². The average Bonchev–Trinajstić information content (AvgIpc) is 2.54. The molecule has 0 saturated heterocycles.